The van der Waals surface area contributed by atoms with Gasteiger partial charge in [-0.2, -0.15) is 0 Å². The molecule has 0 bridgehead atoms. The van der Waals surface area contributed by atoms with Crippen LogP contribution in [0.2, 0.25) is 0 Å². The molecule has 0 unspecified atom stereocenters. The van der Waals surface area contributed by atoms with Crippen LogP contribution in [0.15, 0.2) is 50.0 Å². The van der Waals surface area contributed by atoms with Crippen LogP contribution in [0.4, 0.5) is 0 Å². The molecular weight excluding hydrogens is 364 g/mol. The van der Waals surface area contributed by atoms with Gasteiger partial charge in [-0.25, -0.2) is 0 Å². The van der Waals surface area contributed by atoms with Gasteiger partial charge in [0.05, 0.1) is 26.2 Å². The molecule has 0 fully saturated rings. The van der Waals surface area contributed by atoms with Gasteiger partial charge >= 0.3 is 0 Å². The second-order valence-electron chi connectivity index (χ2n) is 6.22. The lowest BCUT2D eigenvalue weighted by Gasteiger charge is -2.10. The van der Waals surface area contributed by atoms with Crippen molar-refractivity contribution in [2.45, 2.75) is 6.42 Å². The maximum atomic E-state index is 13.0. The maximum Gasteiger partial charge on any atom is 0.239 e. The minimum atomic E-state index is -0.487. The number of furan rings is 1. The lowest BCUT2D eigenvalue weighted by molar-refractivity contribution is 0.289. The van der Waals surface area contributed by atoms with Crippen molar-refractivity contribution in [1.29, 1.82) is 0 Å². The minimum absolute atomic E-state index is 0.00797. The first kappa shape index (κ1) is 17.9. The van der Waals surface area contributed by atoms with E-state index in [-0.39, 0.29) is 34.8 Å². The number of ether oxygens (including phenoxy) is 2. The van der Waals surface area contributed by atoms with Crippen molar-refractivity contribution in [3.05, 3.63) is 52.4 Å². The molecule has 0 amide bonds. The van der Waals surface area contributed by atoms with Crippen LogP contribution in [0.5, 0.6) is 17.2 Å². The predicted molar refractivity (Wildman–Crippen MR) is 103 cm³/mol. The molecule has 0 aliphatic carbocycles. The van der Waals surface area contributed by atoms with Gasteiger partial charge in [0.15, 0.2) is 11.3 Å². The fraction of sp³-hybridized carbons (Fsp3) is 0.190. The number of phenols is 1. The van der Waals surface area contributed by atoms with E-state index in [0.29, 0.717) is 34.5 Å². The number of aromatic hydroxyl groups is 1. The Morgan fingerprint density at radius 2 is 1.79 bits per heavy atom. The van der Waals surface area contributed by atoms with E-state index in [2.05, 4.69) is 0 Å². The first-order valence-electron chi connectivity index (χ1n) is 8.61. The van der Waals surface area contributed by atoms with Crippen LogP contribution < -0.4 is 14.9 Å². The van der Waals surface area contributed by atoms with Crippen molar-refractivity contribution >= 4 is 21.9 Å². The third kappa shape index (κ3) is 2.76. The Bertz CT molecular complexity index is 1220. The van der Waals surface area contributed by atoms with Crippen molar-refractivity contribution in [3.63, 3.8) is 0 Å². The van der Waals surface area contributed by atoms with Gasteiger partial charge in [-0.3, -0.25) is 4.79 Å². The zero-order valence-corrected chi connectivity index (χ0v) is 15.3. The lowest BCUT2D eigenvalue weighted by Crippen LogP contribution is -2.08. The number of phenolic OH excluding ortho intramolecular Hbond substituents is 1. The molecule has 28 heavy (non-hydrogen) atoms. The van der Waals surface area contributed by atoms with Crippen LogP contribution in [0.25, 0.3) is 33.3 Å². The average molecular weight is 382 g/mol. The van der Waals surface area contributed by atoms with Gasteiger partial charge in [0.1, 0.15) is 28.2 Å². The summed E-state index contributed by atoms with van der Waals surface area (Å²) in [5.41, 5.74) is 0.688. The fourth-order valence-corrected chi connectivity index (χ4v) is 3.23. The molecule has 0 spiro atoms. The number of rotatable bonds is 5. The molecule has 0 aliphatic heterocycles. The first-order chi connectivity index (χ1) is 13.6. The molecule has 0 atom stereocenters. The highest BCUT2D eigenvalue weighted by Crippen LogP contribution is 2.38. The predicted octanol–water partition coefficient (Wildman–Crippen LogP) is 3.46. The second-order valence-corrected chi connectivity index (χ2v) is 6.22. The molecule has 2 N–H and O–H groups in total. The van der Waals surface area contributed by atoms with Gasteiger partial charge in [0, 0.05) is 18.1 Å². The van der Waals surface area contributed by atoms with E-state index >= 15 is 0 Å². The van der Waals surface area contributed by atoms with Crippen molar-refractivity contribution in [2.24, 2.45) is 0 Å². The summed E-state index contributed by atoms with van der Waals surface area (Å²) in [7, 11) is 2.94. The van der Waals surface area contributed by atoms with Gasteiger partial charge < -0.3 is 28.5 Å². The summed E-state index contributed by atoms with van der Waals surface area (Å²) >= 11 is 0. The first-order valence-corrected chi connectivity index (χ1v) is 8.61. The number of hydrogen-bond acceptors (Lipinski definition) is 7. The van der Waals surface area contributed by atoms with E-state index in [9.17, 15) is 9.90 Å². The normalized spacial score (nSPS) is 11.2. The van der Waals surface area contributed by atoms with Crippen LogP contribution in [-0.4, -0.2) is 31.0 Å². The topological polar surface area (TPSA) is 102 Å². The highest BCUT2D eigenvalue weighted by molar-refractivity contribution is 6.06. The summed E-state index contributed by atoms with van der Waals surface area (Å²) in [5, 5.41) is 20.1. The van der Waals surface area contributed by atoms with Crippen LogP contribution in [0.3, 0.4) is 0 Å². The molecule has 144 valence electrons. The Kier molecular flexibility index (Phi) is 4.44. The van der Waals surface area contributed by atoms with Gasteiger partial charge in [0.2, 0.25) is 11.2 Å². The molecule has 0 radical (unpaired) electrons. The van der Waals surface area contributed by atoms with Crippen LogP contribution in [-0.2, 0) is 6.42 Å². The molecule has 7 nitrogen and oxygen atoms in total. The Morgan fingerprint density at radius 1 is 1.04 bits per heavy atom. The molecule has 4 aromatic rings. The standard InChI is InChI=1S/C21H18O7/c1-25-12-5-3-11(4-6-12)19-21(26-2)18(24)17-15(23)10-16-14(20(17)28-19)9-13(27-16)7-8-22/h3-6,9-10,22-23H,7-8H2,1-2H3. The third-order valence-corrected chi connectivity index (χ3v) is 4.57. The number of aliphatic hydroxyl groups excluding tert-OH is 1. The third-order valence-electron chi connectivity index (χ3n) is 4.57. The van der Waals surface area contributed by atoms with Crippen LogP contribution in [0.1, 0.15) is 5.76 Å². The average Bonchev–Trinajstić information content (AvgIpc) is 3.10. The Balaban J connectivity index is 2.06. The summed E-state index contributed by atoms with van der Waals surface area (Å²) < 4.78 is 22.2. The Morgan fingerprint density at radius 3 is 2.43 bits per heavy atom. The summed E-state index contributed by atoms with van der Waals surface area (Å²) in [5.74, 6) is 1.15. The fourth-order valence-electron chi connectivity index (χ4n) is 3.23. The number of aliphatic hydroxyl groups is 1. The summed E-state index contributed by atoms with van der Waals surface area (Å²) in [4.78, 5) is 13.0. The largest absolute Gasteiger partial charge is 0.507 e. The molecule has 0 aliphatic rings. The van der Waals surface area contributed by atoms with E-state index in [4.69, 9.17) is 23.4 Å². The molecule has 0 saturated carbocycles. The monoisotopic (exact) mass is 382 g/mol. The van der Waals surface area contributed by atoms with Crippen molar-refractivity contribution in [3.8, 4) is 28.6 Å². The van der Waals surface area contributed by atoms with Gasteiger partial charge in [-0.05, 0) is 30.3 Å². The smallest absolute Gasteiger partial charge is 0.239 e. The minimum Gasteiger partial charge on any atom is -0.507 e. The van der Waals surface area contributed by atoms with E-state index in [1.165, 1.54) is 13.2 Å². The van der Waals surface area contributed by atoms with Gasteiger partial charge in [-0.1, -0.05) is 0 Å². The van der Waals surface area contributed by atoms with Crippen LogP contribution >= 0.6 is 0 Å². The molecule has 2 aromatic heterocycles. The summed E-state index contributed by atoms with van der Waals surface area (Å²) in [6.45, 7) is -0.0847. The molecule has 2 aromatic carbocycles. The number of hydrogen-bond donors (Lipinski definition) is 2. The molecule has 2 heterocycles. The highest BCUT2D eigenvalue weighted by atomic mass is 16.5. The quantitative estimate of drug-likeness (QED) is 0.545. The number of benzene rings is 2. The van der Waals surface area contributed by atoms with Crippen LogP contribution in [0, 0.1) is 0 Å². The molecule has 7 heteroatoms. The molecule has 0 saturated heterocycles. The Labute approximate surface area is 159 Å². The Hall–Kier alpha value is -3.45. The van der Waals surface area contributed by atoms with Crippen molar-refractivity contribution in [2.75, 3.05) is 20.8 Å². The van der Waals surface area contributed by atoms with Gasteiger partial charge in [-0.15, -0.1) is 0 Å². The maximum absolute atomic E-state index is 13.0. The summed E-state index contributed by atoms with van der Waals surface area (Å²) in [6, 6.07) is 10.0. The SMILES string of the molecule is COc1ccc(-c2oc3c(c(O)cc4oc(CCO)cc43)c(=O)c2OC)cc1. The zero-order valence-electron chi connectivity index (χ0n) is 15.3. The lowest BCUT2D eigenvalue weighted by atomic mass is 10.1. The van der Waals surface area contributed by atoms with E-state index in [1.807, 2.05) is 0 Å². The van der Waals surface area contributed by atoms with E-state index in [0.717, 1.165) is 0 Å². The van der Waals surface area contributed by atoms with Gasteiger partial charge in [0.25, 0.3) is 0 Å². The number of fused-ring (bicyclic) bond motifs is 3. The highest BCUT2D eigenvalue weighted by Gasteiger charge is 2.22. The van der Waals surface area contributed by atoms with Crippen molar-refractivity contribution < 1.29 is 28.5 Å². The summed E-state index contributed by atoms with van der Waals surface area (Å²) in [6.07, 6.45) is 0.308. The zero-order chi connectivity index (χ0) is 19.8. The molecule has 4 rings (SSSR count). The number of methoxy groups -OCH3 is 2. The molecular formula is C21H18O7. The van der Waals surface area contributed by atoms with Crippen molar-refractivity contribution in [1.82, 2.24) is 0 Å². The van der Waals surface area contributed by atoms with E-state index < -0.39 is 5.43 Å². The second kappa shape index (κ2) is 6.94. The van der Waals surface area contributed by atoms with E-state index in [1.54, 1.807) is 37.4 Å².